The van der Waals surface area contributed by atoms with E-state index in [1.54, 1.807) is 18.2 Å². The highest BCUT2D eigenvalue weighted by atomic mass is 35.5. The molecule has 0 aliphatic rings. The normalized spacial score (nSPS) is 12.3. The van der Waals surface area contributed by atoms with Crippen molar-refractivity contribution in [2.75, 3.05) is 0 Å². The minimum atomic E-state index is -4.65. The number of alkyl halides is 3. The summed E-state index contributed by atoms with van der Waals surface area (Å²) in [5, 5.41) is 5.27. The molecule has 0 saturated carbocycles. The summed E-state index contributed by atoms with van der Waals surface area (Å²) < 4.78 is 63.3. The lowest BCUT2D eigenvalue weighted by Crippen LogP contribution is -2.12. The van der Waals surface area contributed by atoms with E-state index >= 15 is 0 Å². The smallest absolute Gasteiger partial charge is 0.299 e. The van der Waals surface area contributed by atoms with E-state index in [0.29, 0.717) is 5.56 Å². The number of halogens is 4. The lowest BCUT2D eigenvalue weighted by molar-refractivity contribution is -0.140. The van der Waals surface area contributed by atoms with Gasteiger partial charge in [0, 0.05) is 17.4 Å². The average molecular weight is 402 g/mol. The summed E-state index contributed by atoms with van der Waals surface area (Å²) in [5.41, 5.74) is -0.515. The summed E-state index contributed by atoms with van der Waals surface area (Å²) in [7, 11) is -3.91. The van der Waals surface area contributed by atoms with Gasteiger partial charge in [0.15, 0.2) is 5.69 Å². The fourth-order valence-corrected chi connectivity index (χ4v) is 3.08. The molecule has 2 aromatic carbocycles. The van der Waals surface area contributed by atoms with Crippen molar-refractivity contribution in [2.45, 2.75) is 11.1 Å². The van der Waals surface area contributed by atoms with Gasteiger partial charge in [-0.3, -0.25) is 4.57 Å². The van der Waals surface area contributed by atoms with Gasteiger partial charge in [-0.25, -0.2) is 18.5 Å². The van der Waals surface area contributed by atoms with Crippen LogP contribution < -0.4 is 5.14 Å². The molecule has 0 aliphatic heterocycles. The molecule has 136 valence electrons. The number of aromatic nitrogens is 2. The minimum absolute atomic E-state index is 0.0220. The second-order valence-electron chi connectivity index (χ2n) is 5.34. The molecular formula is C16H11ClF3N3O2S. The first-order valence-corrected chi connectivity index (χ1v) is 9.04. The molecule has 1 heterocycles. The van der Waals surface area contributed by atoms with Crippen LogP contribution in [-0.4, -0.2) is 18.0 Å². The van der Waals surface area contributed by atoms with Crippen molar-refractivity contribution >= 4 is 21.6 Å². The molecule has 0 unspecified atom stereocenters. The molecule has 0 fully saturated rings. The van der Waals surface area contributed by atoms with Crippen molar-refractivity contribution in [1.29, 1.82) is 0 Å². The Hall–Kier alpha value is -2.36. The Labute approximate surface area is 151 Å². The summed E-state index contributed by atoms with van der Waals surface area (Å²) in [6.07, 6.45) is -3.83. The number of nitrogens with two attached hydrogens (primary N) is 1. The fraction of sp³-hybridized carbons (Fsp3) is 0.0625. The molecule has 1 aromatic heterocycles. The number of hydrogen-bond acceptors (Lipinski definition) is 3. The molecule has 5 nitrogen and oxygen atoms in total. The van der Waals surface area contributed by atoms with Crippen LogP contribution in [-0.2, 0) is 16.2 Å². The topological polar surface area (TPSA) is 78.0 Å². The quantitative estimate of drug-likeness (QED) is 0.723. The lowest BCUT2D eigenvalue weighted by atomic mass is 10.2. The predicted octanol–water partition coefficient (Wildman–Crippen LogP) is 3.86. The Bertz CT molecular complexity index is 1060. The maximum Gasteiger partial charge on any atom is 0.434 e. The van der Waals surface area contributed by atoms with Crippen molar-refractivity contribution in [3.63, 3.8) is 0 Å². The fourth-order valence-electron chi connectivity index (χ4n) is 2.34. The van der Waals surface area contributed by atoms with Gasteiger partial charge in [0.1, 0.15) is 5.82 Å². The Balaban J connectivity index is 2.20. The third kappa shape index (κ3) is 3.59. The van der Waals surface area contributed by atoms with Gasteiger partial charge in [-0.1, -0.05) is 23.7 Å². The third-order valence-corrected chi connectivity index (χ3v) is 4.81. The van der Waals surface area contributed by atoms with Crippen molar-refractivity contribution < 1.29 is 21.6 Å². The predicted molar refractivity (Wildman–Crippen MR) is 90.4 cm³/mol. The number of primary sulfonamides is 1. The first-order valence-electron chi connectivity index (χ1n) is 7.12. The molecule has 0 amide bonds. The zero-order valence-corrected chi connectivity index (χ0v) is 14.5. The van der Waals surface area contributed by atoms with Crippen LogP contribution in [0.4, 0.5) is 13.2 Å². The molecule has 3 aromatic rings. The highest BCUT2D eigenvalue weighted by molar-refractivity contribution is 7.89. The van der Waals surface area contributed by atoms with Crippen LogP contribution in [0.25, 0.3) is 17.1 Å². The van der Waals surface area contributed by atoms with E-state index in [1.807, 2.05) is 0 Å². The molecular weight excluding hydrogens is 391 g/mol. The number of rotatable bonds is 3. The number of nitrogens with zero attached hydrogens (tertiary/aromatic N) is 2. The Kier molecular flexibility index (Phi) is 4.55. The van der Waals surface area contributed by atoms with Crippen LogP contribution >= 0.6 is 11.6 Å². The van der Waals surface area contributed by atoms with Gasteiger partial charge in [-0.2, -0.15) is 13.2 Å². The molecule has 0 bridgehead atoms. The van der Waals surface area contributed by atoms with Crippen molar-refractivity contribution in [2.24, 2.45) is 5.14 Å². The van der Waals surface area contributed by atoms with Crippen LogP contribution in [0.5, 0.6) is 0 Å². The molecule has 26 heavy (non-hydrogen) atoms. The molecule has 0 saturated heterocycles. The molecule has 0 radical (unpaired) electrons. The van der Waals surface area contributed by atoms with Gasteiger partial charge < -0.3 is 0 Å². The van der Waals surface area contributed by atoms with Gasteiger partial charge >= 0.3 is 6.18 Å². The summed E-state index contributed by atoms with van der Waals surface area (Å²) in [6.45, 7) is 0. The van der Waals surface area contributed by atoms with E-state index < -0.39 is 21.9 Å². The van der Waals surface area contributed by atoms with Crippen LogP contribution in [0.3, 0.4) is 0 Å². The lowest BCUT2D eigenvalue weighted by Gasteiger charge is -2.09. The van der Waals surface area contributed by atoms with Crippen LogP contribution in [0.15, 0.2) is 59.6 Å². The van der Waals surface area contributed by atoms with Crippen molar-refractivity contribution in [3.05, 3.63) is 65.4 Å². The van der Waals surface area contributed by atoms with Gasteiger partial charge in [-0.05, 0) is 36.4 Å². The van der Waals surface area contributed by atoms with E-state index in [2.05, 4.69) is 4.98 Å². The summed E-state index contributed by atoms with van der Waals surface area (Å²) >= 11 is 6.10. The molecule has 0 spiro atoms. The standard InChI is InChI=1S/C16H11ClF3N3O2S/c17-13-4-2-1-3-12(13)15-22-14(16(18,19)20)9-23(15)10-5-7-11(8-6-10)26(21,24)25/h1-9H,(H2,21,24,25). The maximum atomic E-state index is 13.1. The average Bonchev–Trinajstić information content (AvgIpc) is 3.00. The van der Waals surface area contributed by atoms with E-state index in [1.165, 1.54) is 34.9 Å². The first kappa shape index (κ1) is 18.4. The number of hydrogen-bond donors (Lipinski definition) is 1. The highest BCUT2D eigenvalue weighted by Crippen LogP contribution is 2.34. The SMILES string of the molecule is NS(=O)(=O)c1ccc(-n2cc(C(F)(F)F)nc2-c2ccccc2Cl)cc1. The second kappa shape index (κ2) is 6.42. The van der Waals surface area contributed by atoms with Crippen LogP contribution in [0, 0.1) is 0 Å². The molecule has 2 N–H and O–H groups in total. The van der Waals surface area contributed by atoms with E-state index in [9.17, 15) is 21.6 Å². The first-order chi connectivity index (χ1) is 12.1. The van der Waals surface area contributed by atoms with Crippen molar-refractivity contribution in [3.8, 4) is 17.1 Å². The monoisotopic (exact) mass is 401 g/mol. The van der Waals surface area contributed by atoms with Crippen LogP contribution in [0.1, 0.15) is 5.69 Å². The zero-order valence-electron chi connectivity index (χ0n) is 12.9. The Morgan fingerprint density at radius 1 is 1.04 bits per heavy atom. The number of imidazole rings is 1. The second-order valence-corrected chi connectivity index (χ2v) is 7.30. The van der Waals surface area contributed by atoms with E-state index in [0.717, 1.165) is 6.20 Å². The van der Waals surface area contributed by atoms with E-state index in [-0.39, 0.29) is 21.4 Å². The van der Waals surface area contributed by atoms with Gasteiger partial charge in [-0.15, -0.1) is 0 Å². The number of sulfonamides is 1. The van der Waals surface area contributed by atoms with Gasteiger partial charge in [0.25, 0.3) is 0 Å². The molecule has 10 heteroatoms. The third-order valence-electron chi connectivity index (χ3n) is 3.55. The molecule has 0 aliphatic carbocycles. The minimum Gasteiger partial charge on any atom is -0.299 e. The zero-order chi connectivity index (χ0) is 19.1. The summed E-state index contributed by atoms with van der Waals surface area (Å²) in [5.74, 6) is -0.0220. The van der Waals surface area contributed by atoms with Gasteiger partial charge in [0.2, 0.25) is 10.0 Å². The van der Waals surface area contributed by atoms with Crippen LogP contribution in [0.2, 0.25) is 5.02 Å². The highest BCUT2D eigenvalue weighted by Gasteiger charge is 2.35. The summed E-state index contributed by atoms with van der Waals surface area (Å²) in [4.78, 5) is 3.51. The van der Waals surface area contributed by atoms with Gasteiger partial charge in [0.05, 0.1) is 9.92 Å². The Morgan fingerprint density at radius 2 is 1.65 bits per heavy atom. The largest absolute Gasteiger partial charge is 0.434 e. The molecule has 0 atom stereocenters. The summed E-state index contributed by atoms with van der Waals surface area (Å²) in [6, 6.07) is 11.4. The number of benzene rings is 2. The van der Waals surface area contributed by atoms with Crippen molar-refractivity contribution in [1.82, 2.24) is 9.55 Å². The maximum absolute atomic E-state index is 13.1. The Morgan fingerprint density at radius 3 is 2.19 bits per heavy atom. The molecule has 3 rings (SSSR count). The van der Waals surface area contributed by atoms with E-state index in [4.69, 9.17) is 16.7 Å².